The third-order valence-electron chi connectivity index (χ3n) is 4.93. The Morgan fingerprint density at radius 2 is 2.00 bits per heavy atom. The average molecular weight is 266 g/mol. The van der Waals surface area contributed by atoms with Crippen molar-refractivity contribution in [3.63, 3.8) is 0 Å². The molecule has 3 fully saturated rings. The van der Waals surface area contributed by atoms with Crippen LogP contribution in [0.2, 0.25) is 0 Å². The van der Waals surface area contributed by atoms with Gasteiger partial charge in [0.15, 0.2) is 0 Å². The summed E-state index contributed by atoms with van der Waals surface area (Å²) in [4.78, 5) is 27.3. The van der Waals surface area contributed by atoms with Crippen molar-refractivity contribution in [2.45, 2.75) is 50.6 Å². The Morgan fingerprint density at radius 3 is 2.79 bits per heavy atom. The third kappa shape index (κ3) is 2.48. The molecule has 3 aliphatic rings. The van der Waals surface area contributed by atoms with Gasteiger partial charge in [0.2, 0.25) is 5.91 Å². The van der Waals surface area contributed by atoms with Crippen LogP contribution in [-0.2, 0) is 9.59 Å². The molecular formula is C14H22N2O3. The largest absolute Gasteiger partial charge is 0.481 e. The summed E-state index contributed by atoms with van der Waals surface area (Å²) in [6, 6.07) is 0.739. The number of hydrogen-bond donors (Lipinski definition) is 1. The second kappa shape index (κ2) is 5.12. The summed E-state index contributed by atoms with van der Waals surface area (Å²) in [5.41, 5.74) is 0. The Morgan fingerprint density at radius 1 is 1.21 bits per heavy atom. The summed E-state index contributed by atoms with van der Waals surface area (Å²) < 4.78 is 0. The van der Waals surface area contributed by atoms with Crippen LogP contribution >= 0.6 is 0 Å². The molecule has 1 amide bonds. The van der Waals surface area contributed by atoms with Crippen molar-refractivity contribution in [1.82, 2.24) is 9.80 Å². The molecule has 3 atom stereocenters. The molecule has 3 rings (SSSR count). The Kier molecular flexibility index (Phi) is 3.48. The van der Waals surface area contributed by atoms with E-state index < -0.39 is 5.97 Å². The van der Waals surface area contributed by atoms with Gasteiger partial charge in [-0.3, -0.25) is 14.5 Å². The molecule has 0 aromatic carbocycles. The van der Waals surface area contributed by atoms with Crippen molar-refractivity contribution in [3.8, 4) is 0 Å². The van der Waals surface area contributed by atoms with Crippen LogP contribution in [0.1, 0.15) is 38.5 Å². The maximum atomic E-state index is 12.0. The maximum absolute atomic E-state index is 12.0. The zero-order chi connectivity index (χ0) is 13.4. The summed E-state index contributed by atoms with van der Waals surface area (Å²) in [5.74, 6) is -0.137. The number of amides is 1. The number of fused-ring (bicyclic) bond motifs is 1. The van der Waals surface area contributed by atoms with E-state index in [2.05, 4.69) is 4.90 Å². The lowest BCUT2D eigenvalue weighted by atomic mass is 9.92. The highest BCUT2D eigenvalue weighted by Gasteiger charge is 2.45. The molecular weight excluding hydrogens is 244 g/mol. The fourth-order valence-electron chi connectivity index (χ4n) is 4.12. The molecule has 1 N–H and O–H groups in total. The molecule has 3 saturated heterocycles. The van der Waals surface area contributed by atoms with E-state index in [1.54, 1.807) is 0 Å². The first-order chi connectivity index (χ1) is 9.15. The van der Waals surface area contributed by atoms with E-state index in [0.29, 0.717) is 24.4 Å². The minimum atomic E-state index is -0.697. The topological polar surface area (TPSA) is 60.9 Å². The van der Waals surface area contributed by atoms with Crippen LogP contribution in [0.15, 0.2) is 0 Å². The van der Waals surface area contributed by atoms with E-state index in [0.717, 1.165) is 45.3 Å². The van der Waals surface area contributed by atoms with Crippen molar-refractivity contribution < 1.29 is 14.7 Å². The number of nitrogens with zero attached hydrogens (tertiary/aromatic N) is 2. The van der Waals surface area contributed by atoms with Gasteiger partial charge in [0.05, 0.1) is 0 Å². The van der Waals surface area contributed by atoms with Gasteiger partial charge in [0.25, 0.3) is 0 Å². The van der Waals surface area contributed by atoms with E-state index >= 15 is 0 Å². The molecule has 3 heterocycles. The number of carbonyl (C=O) groups excluding carboxylic acids is 1. The SMILES string of the molecule is O=C(O)CC1CCCN(C2CC(=O)N3CCCC23)C1. The third-order valence-corrected chi connectivity index (χ3v) is 4.93. The zero-order valence-electron chi connectivity index (χ0n) is 11.3. The molecule has 0 spiro atoms. The van der Waals surface area contributed by atoms with E-state index in [-0.39, 0.29) is 12.3 Å². The van der Waals surface area contributed by atoms with Crippen LogP contribution < -0.4 is 0 Å². The average Bonchev–Trinajstić information content (AvgIpc) is 2.93. The summed E-state index contributed by atoms with van der Waals surface area (Å²) >= 11 is 0. The number of piperidine rings is 1. The highest BCUT2D eigenvalue weighted by atomic mass is 16.4. The van der Waals surface area contributed by atoms with Crippen LogP contribution in [0, 0.1) is 5.92 Å². The number of rotatable bonds is 3. The second-order valence-corrected chi connectivity index (χ2v) is 6.17. The molecule has 106 valence electrons. The molecule has 3 unspecified atom stereocenters. The number of carboxylic acids is 1. The maximum Gasteiger partial charge on any atom is 0.303 e. The first-order valence-electron chi connectivity index (χ1n) is 7.40. The molecule has 0 aliphatic carbocycles. The minimum absolute atomic E-state index is 0.261. The van der Waals surface area contributed by atoms with Crippen molar-refractivity contribution in [3.05, 3.63) is 0 Å². The quantitative estimate of drug-likeness (QED) is 0.825. The molecule has 0 bridgehead atoms. The fraction of sp³-hybridized carbons (Fsp3) is 0.857. The van der Waals surface area contributed by atoms with Crippen molar-refractivity contribution in [1.29, 1.82) is 0 Å². The lowest BCUT2D eigenvalue weighted by molar-refractivity contribution is -0.138. The van der Waals surface area contributed by atoms with Crippen LogP contribution in [0.5, 0.6) is 0 Å². The fourth-order valence-corrected chi connectivity index (χ4v) is 4.12. The number of carboxylic acid groups (broad SMARTS) is 1. The van der Waals surface area contributed by atoms with Gasteiger partial charge in [-0.2, -0.15) is 0 Å². The number of hydrogen-bond acceptors (Lipinski definition) is 3. The highest BCUT2D eigenvalue weighted by molar-refractivity contribution is 5.80. The Hall–Kier alpha value is -1.10. The summed E-state index contributed by atoms with van der Waals surface area (Å²) in [6.07, 6.45) is 5.24. The van der Waals surface area contributed by atoms with Crippen LogP contribution in [0.3, 0.4) is 0 Å². The summed E-state index contributed by atoms with van der Waals surface area (Å²) in [6.45, 7) is 2.80. The molecule has 0 radical (unpaired) electrons. The second-order valence-electron chi connectivity index (χ2n) is 6.17. The Labute approximate surface area is 113 Å². The number of aliphatic carboxylic acids is 1. The van der Waals surface area contributed by atoms with Crippen LogP contribution in [-0.4, -0.2) is 58.5 Å². The van der Waals surface area contributed by atoms with Crippen LogP contribution in [0.25, 0.3) is 0 Å². The Bertz CT molecular complexity index is 385. The predicted molar refractivity (Wildman–Crippen MR) is 69.7 cm³/mol. The van der Waals surface area contributed by atoms with Crippen molar-refractivity contribution in [2.75, 3.05) is 19.6 Å². The molecule has 5 heteroatoms. The molecule has 0 aromatic rings. The van der Waals surface area contributed by atoms with Crippen molar-refractivity contribution >= 4 is 11.9 Å². The smallest absolute Gasteiger partial charge is 0.303 e. The van der Waals surface area contributed by atoms with Gasteiger partial charge < -0.3 is 10.0 Å². The van der Waals surface area contributed by atoms with Gasteiger partial charge in [-0.1, -0.05) is 0 Å². The molecule has 19 heavy (non-hydrogen) atoms. The lowest BCUT2D eigenvalue weighted by Crippen LogP contribution is -2.47. The number of likely N-dealkylation sites (tertiary alicyclic amines) is 1. The van der Waals surface area contributed by atoms with Gasteiger partial charge in [-0.15, -0.1) is 0 Å². The lowest BCUT2D eigenvalue weighted by Gasteiger charge is -2.38. The van der Waals surface area contributed by atoms with Crippen LogP contribution in [0.4, 0.5) is 0 Å². The Balaban J connectivity index is 1.65. The van der Waals surface area contributed by atoms with E-state index in [9.17, 15) is 9.59 Å². The van der Waals surface area contributed by atoms with E-state index in [4.69, 9.17) is 5.11 Å². The first-order valence-corrected chi connectivity index (χ1v) is 7.40. The summed E-state index contributed by atoms with van der Waals surface area (Å²) in [5, 5.41) is 8.93. The van der Waals surface area contributed by atoms with Gasteiger partial charge in [0, 0.05) is 38.0 Å². The van der Waals surface area contributed by atoms with Gasteiger partial charge >= 0.3 is 5.97 Å². The van der Waals surface area contributed by atoms with Crippen molar-refractivity contribution in [2.24, 2.45) is 5.92 Å². The zero-order valence-corrected chi connectivity index (χ0v) is 11.3. The molecule has 5 nitrogen and oxygen atoms in total. The minimum Gasteiger partial charge on any atom is -0.481 e. The molecule has 3 aliphatic heterocycles. The predicted octanol–water partition coefficient (Wildman–Crippen LogP) is 0.936. The standard InChI is InChI=1S/C14H22N2O3/c17-13-8-12(11-4-2-6-16(11)13)15-5-1-3-10(9-15)7-14(18)19/h10-12H,1-9H2,(H,18,19). The number of carbonyl (C=O) groups is 2. The molecule has 0 saturated carbocycles. The molecule has 0 aromatic heterocycles. The van der Waals surface area contributed by atoms with Gasteiger partial charge in [0.1, 0.15) is 0 Å². The highest BCUT2D eigenvalue weighted by Crippen LogP contribution is 2.34. The summed E-state index contributed by atoms with van der Waals surface area (Å²) in [7, 11) is 0. The monoisotopic (exact) mass is 266 g/mol. The van der Waals surface area contributed by atoms with E-state index in [1.165, 1.54) is 0 Å². The normalized spacial score (nSPS) is 35.7. The van der Waals surface area contributed by atoms with Gasteiger partial charge in [-0.05, 0) is 38.1 Å². The van der Waals surface area contributed by atoms with Gasteiger partial charge in [-0.25, -0.2) is 0 Å². The first kappa shape index (κ1) is 12.9. The van der Waals surface area contributed by atoms with E-state index in [1.807, 2.05) is 4.90 Å².